The Morgan fingerprint density at radius 2 is 2.14 bits per heavy atom. The molecule has 0 amide bonds. The number of hydrogen-bond donors (Lipinski definition) is 1. The Hall–Kier alpha value is -1.49. The van der Waals surface area contributed by atoms with Crippen LogP contribution in [-0.2, 0) is 4.74 Å². The normalized spacial score (nSPS) is 23.5. The molecule has 4 heteroatoms. The van der Waals surface area contributed by atoms with Gasteiger partial charge < -0.3 is 10.5 Å². The molecule has 0 aliphatic carbocycles. The zero-order valence-electron chi connectivity index (χ0n) is 12.5. The molecule has 1 aliphatic heterocycles. The number of ether oxygens (including phenoxy) is 1. The molecule has 1 aromatic carbocycles. The molecule has 1 fully saturated rings. The number of likely N-dealkylation sites (tertiary alicyclic amines) is 1. The van der Waals surface area contributed by atoms with Gasteiger partial charge in [-0.15, -0.1) is 0 Å². The molecular weight excluding hydrogens is 262 g/mol. The molecule has 112 valence electrons. The molecule has 2 atom stereocenters. The maximum atomic E-state index is 6.39. The van der Waals surface area contributed by atoms with Gasteiger partial charge in [0, 0.05) is 25.1 Å². The second-order valence-corrected chi connectivity index (χ2v) is 5.71. The first-order valence-electron chi connectivity index (χ1n) is 7.64. The highest BCUT2D eigenvalue weighted by molar-refractivity contribution is 5.78. The summed E-state index contributed by atoms with van der Waals surface area (Å²) in [6.45, 7) is 2.70. The van der Waals surface area contributed by atoms with Gasteiger partial charge in [-0.1, -0.05) is 24.3 Å². The standard InChI is InChI=1S/C17H23N3O/c1-21-12-11-20-10-4-6-14(18)17(20)16-9-8-13-5-2-3-7-15(13)19-16/h2-3,5,7-9,14,17H,4,6,10-12,18H2,1H3. The van der Waals surface area contributed by atoms with Crippen LogP contribution in [0.15, 0.2) is 36.4 Å². The minimum atomic E-state index is 0.143. The van der Waals surface area contributed by atoms with E-state index in [1.165, 1.54) is 5.39 Å². The van der Waals surface area contributed by atoms with Crippen molar-refractivity contribution < 1.29 is 4.74 Å². The van der Waals surface area contributed by atoms with Gasteiger partial charge in [0.25, 0.3) is 0 Å². The molecule has 1 aromatic heterocycles. The van der Waals surface area contributed by atoms with Gasteiger partial charge in [-0.25, -0.2) is 0 Å². The predicted octanol–water partition coefficient (Wildman–Crippen LogP) is 2.35. The maximum absolute atomic E-state index is 6.39. The van der Waals surface area contributed by atoms with Crippen LogP contribution in [0, 0.1) is 0 Å². The van der Waals surface area contributed by atoms with E-state index in [1.807, 2.05) is 12.1 Å². The minimum absolute atomic E-state index is 0.143. The number of rotatable bonds is 4. The Labute approximate surface area is 125 Å². The van der Waals surface area contributed by atoms with E-state index in [0.717, 1.165) is 43.7 Å². The average molecular weight is 285 g/mol. The van der Waals surface area contributed by atoms with Crippen molar-refractivity contribution in [1.29, 1.82) is 0 Å². The quantitative estimate of drug-likeness (QED) is 0.937. The summed E-state index contributed by atoms with van der Waals surface area (Å²) in [5.74, 6) is 0. The van der Waals surface area contributed by atoms with Crippen molar-refractivity contribution in [1.82, 2.24) is 9.88 Å². The molecule has 3 rings (SSSR count). The van der Waals surface area contributed by atoms with Crippen LogP contribution in [0.25, 0.3) is 10.9 Å². The zero-order chi connectivity index (χ0) is 14.7. The molecule has 21 heavy (non-hydrogen) atoms. The Kier molecular flexibility index (Phi) is 4.48. The summed E-state index contributed by atoms with van der Waals surface area (Å²) in [7, 11) is 1.74. The molecule has 1 saturated heterocycles. The van der Waals surface area contributed by atoms with Gasteiger partial charge in [0.15, 0.2) is 0 Å². The summed E-state index contributed by atoms with van der Waals surface area (Å²) in [5, 5.41) is 1.18. The number of pyridine rings is 1. The van der Waals surface area contributed by atoms with Crippen molar-refractivity contribution in [3.8, 4) is 0 Å². The zero-order valence-corrected chi connectivity index (χ0v) is 12.5. The summed E-state index contributed by atoms with van der Waals surface area (Å²) in [4.78, 5) is 7.26. The van der Waals surface area contributed by atoms with Crippen molar-refractivity contribution in [3.05, 3.63) is 42.1 Å². The van der Waals surface area contributed by atoms with Crippen LogP contribution in [0.3, 0.4) is 0 Å². The fourth-order valence-corrected chi connectivity index (χ4v) is 3.21. The summed E-state index contributed by atoms with van der Waals surface area (Å²) >= 11 is 0. The van der Waals surface area contributed by atoms with Crippen LogP contribution < -0.4 is 5.73 Å². The average Bonchev–Trinajstić information content (AvgIpc) is 2.52. The van der Waals surface area contributed by atoms with E-state index in [1.54, 1.807) is 7.11 Å². The molecule has 2 heterocycles. The fourth-order valence-electron chi connectivity index (χ4n) is 3.21. The van der Waals surface area contributed by atoms with Gasteiger partial charge in [0.05, 0.1) is 23.9 Å². The van der Waals surface area contributed by atoms with E-state index < -0.39 is 0 Å². The number of nitrogens with zero attached hydrogens (tertiary/aromatic N) is 2. The van der Waals surface area contributed by atoms with Crippen LogP contribution >= 0.6 is 0 Å². The van der Waals surface area contributed by atoms with Gasteiger partial charge in [0.1, 0.15) is 0 Å². The Balaban J connectivity index is 1.92. The molecule has 2 unspecified atom stereocenters. The molecule has 0 spiro atoms. The summed E-state index contributed by atoms with van der Waals surface area (Å²) in [6, 6.07) is 12.8. The van der Waals surface area contributed by atoms with Crippen molar-refractivity contribution in [2.75, 3.05) is 26.8 Å². The molecule has 2 N–H and O–H groups in total. The van der Waals surface area contributed by atoms with Crippen molar-refractivity contribution in [2.24, 2.45) is 5.73 Å². The van der Waals surface area contributed by atoms with Gasteiger partial charge in [-0.05, 0) is 31.5 Å². The van der Waals surface area contributed by atoms with Crippen LogP contribution in [0.1, 0.15) is 24.6 Å². The topological polar surface area (TPSA) is 51.4 Å². The maximum Gasteiger partial charge on any atom is 0.0706 e. The van der Waals surface area contributed by atoms with E-state index in [2.05, 4.69) is 29.2 Å². The van der Waals surface area contributed by atoms with Gasteiger partial charge in [0.2, 0.25) is 0 Å². The lowest BCUT2D eigenvalue weighted by Crippen LogP contribution is -2.47. The van der Waals surface area contributed by atoms with Crippen molar-refractivity contribution >= 4 is 10.9 Å². The molecule has 0 bridgehead atoms. The van der Waals surface area contributed by atoms with Crippen LogP contribution in [-0.4, -0.2) is 42.7 Å². The lowest BCUT2D eigenvalue weighted by Gasteiger charge is -2.39. The third kappa shape index (κ3) is 3.07. The predicted molar refractivity (Wildman–Crippen MR) is 85.1 cm³/mol. The number of nitrogens with two attached hydrogens (primary N) is 1. The Morgan fingerprint density at radius 3 is 3.00 bits per heavy atom. The number of hydrogen-bond acceptors (Lipinski definition) is 4. The molecule has 0 saturated carbocycles. The molecule has 4 nitrogen and oxygen atoms in total. The third-order valence-electron chi connectivity index (χ3n) is 4.29. The largest absolute Gasteiger partial charge is 0.383 e. The minimum Gasteiger partial charge on any atom is -0.383 e. The number of piperidine rings is 1. The highest BCUT2D eigenvalue weighted by Crippen LogP contribution is 2.29. The third-order valence-corrected chi connectivity index (χ3v) is 4.29. The van der Waals surface area contributed by atoms with Crippen molar-refractivity contribution in [2.45, 2.75) is 24.9 Å². The Bertz CT molecular complexity index is 601. The number of methoxy groups -OCH3 is 1. The molecule has 1 aliphatic rings. The monoisotopic (exact) mass is 285 g/mol. The molecule has 2 aromatic rings. The van der Waals surface area contributed by atoms with E-state index in [4.69, 9.17) is 15.5 Å². The summed E-state index contributed by atoms with van der Waals surface area (Å²) in [6.07, 6.45) is 2.21. The van der Waals surface area contributed by atoms with Gasteiger partial charge >= 0.3 is 0 Å². The van der Waals surface area contributed by atoms with Gasteiger partial charge in [-0.2, -0.15) is 0 Å². The first kappa shape index (κ1) is 14.4. The number of para-hydroxylation sites is 1. The smallest absolute Gasteiger partial charge is 0.0706 e. The summed E-state index contributed by atoms with van der Waals surface area (Å²) < 4.78 is 5.23. The fraction of sp³-hybridized carbons (Fsp3) is 0.471. The van der Waals surface area contributed by atoms with Crippen LogP contribution in [0.2, 0.25) is 0 Å². The first-order chi connectivity index (χ1) is 10.3. The second kappa shape index (κ2) is 6.52. The van der Waals surface area contributed by atoms with E-state index in [-0.39, 0.29) is 12.1 Å². The van der Waals surface area contributed by atoms with E-state index in [9.17, 15) is 0 Å². The first-order valence-corrected chi connectivity index (χ1v) is 7.64. The van der Waals surface area contributed by atoms with Crippen LogP contribution in [0.4, 0.5) is 0 Å². The number of fused-ring (bicyclic) bond motifs is 1. The van der Waals surface area contributed by atoms with Crippen molar-refractivity contribution in [3.63, 3.8) is 0 Å². The molecule has 0 radical (unpaired) electrons. The summed E-state index contributed by atoms with van der Waals surface area (Å²) in [5.41, 5.74) is 8.52. The Morgan fingerprint density at radius 1 is 1.29 bits per heavy atom. The van der Waals surface area contributed by atoms with E-state index >= 15 is 0 Å². The SMILES string of the molecule is COCCN1CCCC(N)C1c1ccc2ccccc2n1. The second-order valence-electron chi connectivity index (χ2n) is 5.71. The van der Waals surface area contributed by atoms with Gasteiger partial charge in [-0.3, -0.25) is 9.88 Å². The van der Waals surface area contributed by atoms with Crippen LogP contribution in [0.5, 0.6) is 0 Å². The number of aromatic nitrogens is 1. The molecular formula is C17H23N3O. The number of benzene rings is 1. The lowest BCUT2D eigenvalue weighted by molar-refractivity contribution is 0.0830. The lowest BCUT2D eigenvalue weighted by atomic mass is 9.93. The highest BCUT2D eigenvalue weighted by atomic mass is 16.5. The highest BCUT2D eigenvalue weighted by Gasteiger charge is 2.31. The van der Waals surface area contributed by atoms with E-state index in [0.29, 0.717) is 0 Å².